The SMILES string of the molecule is COCC(c1cc2ccccc2[nH]1)n1cc(C=CC(=O)NO)nn1. The number of fused-ring (bicyclic) bond motifs is 1. The minimum Gasteiger partial charge on any atom is -0.382 e. The number of carbonyl (C=O) groups is 1. The number of methoxy groups -OCH3 is 1. The Bertz CT molecular complexity index is 834. The number of H-pyrrole nitrogens is 1. The van der Waals surface area contributed by atoms with E-state index < -0.39 is 5.91 Å². The first-order chi connectivity index (χ1) is 11.7. The molecule has 1 atom stereocenters. The fourth-order valence-electron chi connectivity index (χ4n) is 2.46. The summed E-state index contributed by atoms with van der Waals surface area (Å²) in [6.45, 7) is 0.413. The van der Waals surface area contributed by atoms with Crippen LogP contribution < -0.4 is 5.48 Å². The normalized spacial score (nSPS) is 12.8. The summed E-state index contributed by atoms with van der Waals surface area (Å²) in [4.78, 5) is 14.4. The minimum atomic E-state index is -0.631. The van der Waals surface area contributed by atoms with Crippen molar-refractivity contribution in [3.8, 4) is 0 Å². The Kier molecular flexibility index (Phi) is 4.69. The lowest BCUT2D eigenvalue weighted by Crippen LogP contribution is -2.17. The van der Waals surface area contributed by atoms with Crippen LogP contribution in [-0.4, -0.2) is 44.8 Å². The number of aromatic nitrogens is 4. The number of para-hydroxylation sites is 1. The van der Waals surface area contributed by atoms with Crippen LogP contribution in [0.3, 0.4) is 0 Å². The van der Waals surface area contributed by atoms with E-state index in [0.29, 0.717) is 12.3 Å². The summed E-state index contributed by atoms with van der Waals surface area (Å²) in [6.07, 6.45) is 4.34. The van der Waals surface area contributed by atoms with Crippen molar-refractivity contribution in [3.05, 3.63) is 54.0 Å². The topological polar surface area (TPSA) is 105 Å². The van der Waals surface area contributed by atoms with Gasteiger partial charge < -0.3 is 9.72 Å². The number of hydrogen-bond donors (Lipinski definition) is 3. The molecular weight excluding hydrogens is 310 g/mol. The molecule has 2 aromatic heterocycles. The van der Waals surface area contributed by atoms with Gasteiger partial charge in [-0.15, -0.1) is 5.10 Å². The maximum atomic E-state index is 11.0. The number of nitrogens with zero attached hydrogens (tertiary/aromatic N) is 3. The highest BCUT2D eigenvalue weighted by Gasteiger charge is 2.17. The van der Waals surface area contributed by atoms with Gasteiger partial charge in [0.15, 0.2) is 0 Å². The molecule has 124 valence electrons. The van der Waals surface area contributed by atoms with E-state index in [1.807, 2.05) is 24.3 Å². The Balaban J connectivity index is 1.89. The van der Waals surface area contributed by atoms with Crippen molar-refractivity contribution in [2.24, 2.45) is 0 Å². The van der Waals surface area contributed by atoms with Gasteiger partial charge in [0, 0.05) is 24.4 Å². The molecule has 0 aliphatic rings. The lowest BCUT2D eigenvalue weighted by atomic mass is 10.2. The van der Waals surface area contributed by atoms with E-state index in [1.54, 1.807) is 18.0 Å². The number of hydroxylamine groups is 1. The number of carbonyl (C=O) groups excluding carboxylic acids is 1. The van der Waals surface area contributed by atoms with Gasteiger partial charge in [-0.05, 0) is 23.6 Å². The van der Waals surface area contributed by atoms with Gasteiger partial charge in [-0.1, -0.05) is 23.4 Å². The summed E-state index contributed by atoms with van der Waals surface area (Å²) < 4.78 is 6.98. The fraction of sp³-hybridized carbons (Fsp3) is 0.188. The summed E-state index contributed by atoms with van der Waals surface area (Å²) in [6, 6.07) is 9.86. The molecule has 3 aromatic rings. The first-order valence-corrected chi connectivity index (χ1v) is 7.32. The van der Waals surface area contributed by atoms with E-state index in [4.69, 9.17) is 9.94 Å². The van der Waals surface area contributed by atoms with Crippen LogP contribution in [0.1, 0.15) is 17.4 Å². The molecule has 3 N–H and O–H groups in total. The number of benzene rings is 1. The second-order valence-corrected chi connectivity index (χ2v) is 5.22. The summed E-state index contributed by atoms with van der Waals surface area (Å²) in [5, 5.41) is 17.7. The predicted octanol–water partition coefficient (Wildman–Crippen LogP) is 1.51. The number of rotatable bonds is 6. The Hall–Kier alpha value is -2.97. The first-order valence-electron chi connectivity index (χ1n) is 7.32. The lowest BCUT2D eigenvalue weighted by Gasteiger charge is -2.14. The minimum absolute atomic E-state index is 0.177. The van der Waals surface area contributed by atoms with E-state index in [9.17, 15) is 4.79 Å². The number of nitrogens with one attached hydrogen (secondary N) is 2. The van der Waals surface area contributed by atoms with E-state index in [2.05, 4.69) is 21.4 Å². The van der Waals surface area contributed by atoms with Crippen molar-refractivity contribution in [3.63, 3.8) is 0 Å². The molecule has 0 aliphatic heterocycles. The molecule has 2 heterocycles. The maximum absolute atomic E-state index is 11.0. The van der Waals surface area contributed by atoms with Crippen molar-refractivity contribution < 1.29 is 14.7 Å². The predicted molar refractivity (Wildman–Crippen MR) is 87.3 cm³/mol. The molecule has 1 amide bonds. The van der Waals surface area contributed by atoms with Crippen LogP contribution in [0.4, 0.5) is 0 Å². The Morgan fingerprint density at radius 2 is 2.33 bits per heavy atom. The zero-order valence-electron chi connectivity index (χ0n) is 13.0. The van der Waals surface area contributed by atoms with Gasteiger partial charge in [0.2, 0.25) is 0 Å². The van der Waals surface area contributed by atoms with Crippen LogP contribution in [0, 0.1) is 0 Å². The van der Waals surface area contributed by atoms with Crippen LogP contribution >= 0.6 is 0 Å². The molecule has 0 aliphatic carbocycles. The van der Waals surface area contributed by atoms with Gasteiger partial charge in [0.25, 0.3) is 5.91 Å². The molecule has 3 rings (SSSR count). The van der Waals surface area contributed by atoms with Gasteiger partial charge in [0.05, 0.1) is 12.8 Å². The molecule has 8 heteroatoms. The molecule has 0 saturated carbocycles. The number of hydrogen-bond acceptors (Lipinski definition) is 5. The molecule has 1 aromatic carbocycles. The van der Waals surface area contributed by atoms with E-state index in [0.717, 1.165) is 16.6 Å². The second-order valence-electron chi connectivity index (χ2n) is 5.22. The quantitative estimate of drug-likeness (QED) is 0.362. The summed E-state index contributed by atoms with van der Waals surface area (Å²) in [5.41, 5.74) is 4.00. The van der Waals surface area contributed by atoms with Crippen LogP contribution in [0.5, 0.6) is 0 Å². The molecule has 24 heavy (non-hydrogen) atoms. The maximum Gasteiger partial charge on any atom is 0.267 e. The molecule has 0 bridgehead atoms. The van der Waals surface area contributed by atoms with E-state index in [-0.39, 0.29) is 6.04 Å². The van der Waals surface area contributed by atoms with E-state index in [1.165, 1.54) is 17.6 Å². The highest BCUT2D eigenvalue weighted by atomic mass is 16.5. The standard InChI is InChI=1S/C16H17N5O3/c1-24-10-15(14-8-11-4-2-3-5-13(11)17-14)21-9-12(18-20-21)6-7-16(22)19-23/h2-9,15,17,23H,10H2,1H3,(H,19,22). The van der Waals surface area contributed by atoms with Gasteiger partial charge >= 0.3 is 0 Å². The van der Waals surface area contributed by atoms with Crippen molar-refractivity contribution in [2.45, 2.75) is 6.04 Å². The van der Waals surface area contributed by atoms with Gasteiger partial charge in [0.1, 0.15) is 11.7 Å². The van der Waals surface area contributed by atoms with Crippen LogP contribution in [-0.2, 0) is 9.53 Å². The summed E-state index contributed by atoms with van der Waals surface area (Å²) in [5.74, 6) is -0.631. The van der Waals surface area contributed by atoms with Gasteiger partial charge in [-0.25, -0.2) is 10.2 Å². The van der Waals surface area contributed by atoms with Crippen molar-refractivity contribution in [2.75, 3.05) is 13.7 Å². The van der Waals surface area contributed by atoms with Gasteiger partial charge in [-0.3, -0.25) is 10.0 Å². The monoisotopic (exact) mass is 327 g/mol. The second kappa shape index (κ2) is 7.07. The number of ether oxygens (including phenoxy) is 1. The fourth-order valence-corrected chi connectivity index (χ4v) is 2.46. The van der Waals surface area contributed by atoms with Crippen LogP contribution in [0.2, 0.25) is 0 Å². The van der Waals surface area contributed by atoms with E-state index >= 15 is 0 Å². The molecule has 0 saturated heterocycles. The molecule has 1 unspecified atom stereocenters. The third kappa shape index (κ3) is 3.34. The average molecular weight is 327 g/mol. The molecule has 0 spiro atoms. The molecule has 8 nitrogen and oxygen atoms in total. The van der Waals surface area contributed by atoms with Crippen molar-refractivity contribution in [1.29, 1.82) is 0 Å². The van der Waals surface area contributed by atoms with Crippen LogP contribution in [0.15, 0.2) is 42.6 Å². The zero-order chi connectivity index (χ0) is 16.9. The zero-order valence-corrected chi connectivity index (χ0v) is 13.0. The highest BCUT2D eigenvalue weighted by molar-refractivity contribution is 5.90. The third-order valence-corrected chi connectivity index (χ3v) is 3.60. The third-order valence-electron chi connectivity index (χ3n) is 3.60. The Morgan fingerprint density at radius 3 is 3.08 bits per heavy atom. The number of aromatic amines is 1. The number of amides is 1. The Morgan fingerprint density at radius 1 is 1.50 bits per heavy atom. The van der Waals surface area contributed by atoms with Gasteiger partial charge in [-0.2, -0.15) is 0 Å². The first kappa shape index (κ1) is 15.9. The molecular formula is C16H17N5O3. The smallest absolute Gasteiger partial charge is 0.267 e. The van der Waals surface area contributed by atoms with Crippen molar-refractivity contribution >= 4 is 22.9 Å². The molecule has 0 radical (unpaired) electrons. The average Bonchev–Trinajstić information content (AvgIpc) is 3.24. The summed E-state index contributed by atoms with van der Waals surface area (Å²) in [7, 11) is 1.62. The van der Waals surface area contributed by atoms with Crippen LogP contribution in [0.25, 0.3) is 17.0 Å². The van der Waals surface area contributed by atoms with Crippen molar-refractivity contribution in [1.82, 2.24) is 25.5 Å². The molecule has 0 fully saturated rings. The summed E-state index contributed by atoms with van der Waals surface area (Å²) >= 11 is 0. The largest absolute Gasteiger partial charge is 0.382 e. The highest BCUT2D eigenvalue weighted by Crippen LogP contribution is 2.23. The Labute approximate surface area is 137 Å². The lowest BCUT2D eigenvalue weighted by molar-refractivity contribution is -0.124.